The van der Waals surface area contributed by atoms with Crippen LogP contribution in [0.5, 0.6) is 0 Å². The molecule has 2 aromatic rings. The summed E-state index contributed by atoms with van der Waals surface area (Å²) in [7, 11) is 0. The summed E-state index contributed by atoms with van der Waals surface area (Å²) in [6, 6.07) is 9.67. The largest absolute Gasteiger partial charge is 0.396 e. The molecule has 3 rings (SSSR count). The minimum atomic E-state index is -0.325. The normalized spacial score (nSPS) is 14.7. The molecule has 0 fully saturated rings. The Morgan fingerprint density at radius 1 is 1.12 bits per heavy atom. The highest BCUT2D eigenvalue weighted by Crippen LogP contribution is 2.37. The first-order valence-electron chi connectivity index (χ1n) is 7.74. The number of halogens is 1. The number of rotatable bonds is 7. The number of carbonyl (C=O) groups excluding carboxylic acids is 2. The van der Waals surface area contributed by atoms with E-state index in [9.17, 15) is 14.0 Å². The second-order valence-electron chi connectivity index (χ2n) is 5.39. The molecule has 0 saturated heterocycles. The lowest BCUT2D eigenvalue weighted by molar-refractivity contribution is -0.136. The average molecular weight is 377 g/mol. The van der Waals surface area contributed by atoms with Gasteiger partial charge in [0.25, 0.3) is 11.8 Å². The molecule has 1 N–H and O–H groups in total. The summed E-state index contributed by atoms with van der Waals surface area (Å²) in [6.45, 7) is 0.171. The Morgan fingerprint density at radius 3 is 2.52 bits per heavy atom. The van der Waals surface area contributed by atoms with Gasteiger partial charge in [-0.3, -0.25) is 14.5 Å². The summed E-state index contributed by atoms with van der Waals surface area (Å²) >= 11 is 2.61. The van der Waals surface area contributed by atoms with Crippen LogP contribution < -0.4 is 0 Å². The van der Waals surface area contributed by atoms with Crippen LogP contribution in [-0.2, 0) is 16.0 Å². The smallest absolute Gasteiger partial charge is 0.268 e. The maximum Gasteiger partial charge on any atom is 0.268 e. The van der Waals surface area contributed by atoms with Crippen LogP contribution in [-0.4, -0.2) is 40.7 Å². The molecule has 1 aliphatic rings. The lowest BCUT2D eigenvalue weighted by atomic mass is 10.1. The van der Waals surface area contributed by atoms with E-state index in [0.29, 0.717) is 22.7 Å². The van der Waals surface area contributed by atoms with E-state index in [0.717, 1.165) is 10.4 Å². The molecule has 0 saturated carbocycles. The minimum Gasteiger partial charge on any atom is -0.396 e. The number of hydrogen-bond donors (Lipinski definition) is 1. The molecule has 1 aliphatic heterocycles. The van der Waals surface area contributed by atoms with Gasteiger partial charge in [-0.25, -0.2) is 4.39 Å². The van der Waals surface area contributed by atoms with Gasteiger partial charge in [-0.1, -0.05) is 18.2 Å². The van der Waals surface area contributed by atoms with Gasteiger partial charge in [0.1, 0.15) is 5.82 Å². The first-order valence-corrected chi connectivity index (χ1v) is 9.61. The summed E-state index contributed by atoms with van der Waals surface area (Å²) in [5.74, 6) is -0.597. The van der Waals surface area contributed by atoms with Gasteiger partial charge < -0.3 is 5.11 Å². The Kier molecular flexibility index (Phi) is 5.67. The van der Waals surface area contributed by atoms with Gasteiger partial charge in [0, 0.05) is 17.2 Å². The zero-order valence-corrected chi connectivity index (χ0v) is 14.9. The molecule has 0 unspecified atom stereocenters. The van der Waals surface area contributed by atoms with Gasteiger partial charge in [0.15, 0.2) is 0 Å². The van der Waals surface area contributed by atoms with Gasteiger partial charge in [0.2, 0.25) is 0 Å². The molecule has 0 atom stereocenters. The van der Waals surface area contributed by atoms with E-state index in [1.165, 1.54) is 40.1 Å². The number of thioether (sulfide) groups is 1. The van der Waals surface area contributed by atoms with Crippen LogP contribution in [0.1, 0.15) is 10.4 Å². The van der Waals surface area contributed by atoms with E-state index in [1.54, 1.807) is 12.1 Å². The zero-order valence-electron chi connectivity index (χ0n) is 13.3. The fraction of sp³-hybridized carbons (Fsp3) is 0.222. The quantitative estimate of drug-likeness (QED) is 0.754. The standard InChI is InChI=1S/C18H16FNO3S2/c19-13-5-3-12(4-6-13)7-8-20-17(22)15(14-2-1-10-24-14)16(18(20)23)25-11-9-21/h1-6,10,21H,7-9,11H2. The van der Waals surface area contributed by atoms with Gasteiger partial charge >= 0.3 is 0 Å². The number of carbonyl (C=O) groups is 2. The minimum absolute atomic E-state index is 0.0665. The number of aliphatic hydroxyl groups excluding tert-OH is 1. The van der Waals surface area contributed by atoms with Crippen molar-refractivity contribution >= 4 is 40.5 Å². The molecule has 4 nitrogen and oxygen atoms in total. The predicted molar refractivity (Wildman–Crippen MR) is 97.6 cm³/mol. The Hall–Kier alpha value is -1.96. The summed E-state index contributed by atoms with van der Waals surface area (Å²) in [5.41, 5.74) is 1.27. The molecule has 0 radical (unpaired) electrons. The van der Waals surface area contributed by atoms with Gasteiger partial charge in [-0.2, -0.15) is 0 Å². The SMILES string of the molecule is O=C1C(SCCO)=C(c2cccs2)C(=O)N1CCc1ccc(F)cc1. The van der Waals surface area contributed by atoms with Crippen LogP contribution in [0.15, 0.2) is 46.7 Å². The third-order valence-corrected chi connectivity index (χ3v) is 5.71. The number of thiophene rings is 1. The van der Waals surface area contributed by atoms with Crippen LogP contribution in [0.4, 0.5) is 4.39 Å². The van der Waals surface area contributed by atoms with E-state index in [2.05, 4.69) is 0 Å². The third kappa shape index (κ3) is 3.84. The Morgan fingerprint density at radius 2 is 1.88 bits per heavy atom. The average Bonchev–Trinajstić information content (AvgIpc) is 3.20. The van der Waals surface area contributed by atoms with Gasteiger partial charge in [0.05, 0.1) is 17.1 Å². The van der Waals surface area contributed by atoms with E-state index in [4.69, 9.17) is 5.11 Å². The second-order valence-corrected chi connectivity index (χ2v) is 7.44. The maximum atomic E-state index is 13.0. The van der Waals surface area contributed by atoms with Gasteiger partial charge in [-0.15, -0.1) is 23.1 Å². The molecule has 0 bridgehead atoms. The van der Waals surface area contributed by atoms with Crippen molar-refractivity contribution < 1.29 is 19.1 Å². The van der Waals surface area contributed by atoms with Crippen molar-refractivity contribution in [2.45, 2.75) is 6.42 Å². The Balaban J connectivity index is 1.80. The number of nitrogens with zero attached hydrogens (tertiary/aromatic N) is 1. The van der Waals surface area contributed by atoms with Gasteiger partial charge in [-0.05, 0) is 35.6 Å². The topological polar surface area (TPSA) is 57.6 Å². The first-order chi connectivity index (χ1) is 12.1. The van der Waals surface area contributed by atoms with E-state index in [-0.39, 0.29) is 30.8 Å². The summed E-state index contributed by atoms with van der Waals surface area (Å²) in [6.07, 6.45) is 0.466. The maximum absolute atomic E-state index is 13.0. The summed E-state index contributed by atoms with van der Waals surface area (Å²) in [5, 5.41) is 10.9. The molecule has 2 heterocycles. The highest BCUT2D eigenvalue weighted by Gasteiger charge is 2.39. The lowest BCUT2D eigenvalue weighted by Gasteiger charge is -2.15. The fourth-order valence-electron chi connectivity index (χ4n) is 2.57. The molecule has 2 amide bonds. The molecule has 130 valence electrons. The second kappa shape index (κ2) is 7.95. The van der Waals surface area contributed by atoms with Crippen molar-refractivity contribution in [1.82, 2.24) is 4.90 Å². The van der Waals surface area contributed by atoms with E-state index < -0.39 is 0 Å². The predicted octanol–water partition coefficient (Wildman–Crippen LogP) is 2.94. The fourth-order valence-corrected chi connectivity index (χ4v) is 4.27. The van der Waals surface area contributed by atoms with Crippen molar-refractivity contribution in [3.05, 3.63) is 62.9 Å². The van der Waals surface area contributed by atoms with Crippen LogP contribution in [0, 0.1) is 5.82 Å². The lowest BCUT2D eigenvalue weighted by Crippen LogP contribution is -2.33. The number of benzene rings is 1. The molecule has 0 aliphatic carbocycles. The summed E-state index contributed by atoms with van der Waals surface area (Å²) in [4.78, 5) is 27.8. The van der Waals surface area contributed by atoms with Crippen LogP contribution >= 0.6 is 23.1 Å². The van der Waals surface area contributed by atoms with Crippen LogP contribution in [0.3, 0.4) is 0 Å². The number of imide groups is 1. The monoisotopic (exact) mass is 377 g/mol. The Labute approximate surface area is 153 Å². The molecule has 25 heavy (non-hydrogen) atoms. The first kappa shape index (κ1) is 17.8. The van der Waals surface area contributed by atoms with Crippen molar-refractivity contribution in [1.29, 1.82) is 0 Å². The van der Waals surface area contributed by atoms with E-state index in [1.807, 2.05) is 17.5 Å². The summed E-state index contributed by atoms with van der Waals surface area (Å²) < 4.78 is 13.0. The molecule has 1 aromatic heterocycles. The van der Waals surface area contributed by atoms with Crippen molar-refractivity contribution in [2.24, 2.45) is 0 Å². The molecule has 1 aromatic carbocycles. The number of amides is 2. The molecular weight excluding hydrogens is 361 g/mol. The zero-order chi connectivity index (χ0) is 17.8. The number of aliphatic hydroxyl groups is 1. The number of hydrogen-bond acceptors (Lipinski definition) is 5. The Bertz CT molecular complexity index is 800. The molecular formula is C18H16FNO3S2. The van der Waals surface area contributed by atoms with E-state index >= 15 is 0 Å². The molecule has 0 spiro atoms. The van der Waals surface area contributed by atoms with Crippen molar-refractivity contribution in [3.63, 3.8) is 0 Å². The van der Waals surface area contributed by atoms with Crippen molar-refractivity contribution in [2.75, 3.05) is 18.9 Å². The van der Waals surface area contributed by atoms with Crippen LogP contribution in [0.25, 0.3) is 5.57 Å². The third-order valence-electron chi connectivity index (χ3n) is 3.77. The molecule has 7 heteroatoms. The van der Waals surface area contributed by atoms with Crippen molar-refractivity contribution in [3.8, 4) is 0 Å². The highest BCUT2D eigenvalue weighted by molar-refractivity contribution is 8.04. The highest BCUT2D eigenvalue weighted by atomic mass is 32.2. The van der Waals surface area contributed by atoms with Crippen LogP contribution in [0.2, 0.25) is 0 Å².